The molecule has 0 spiro atoms. The minimum absolute atomic E-state index is 0.00665. The molecule has 0 fully saturated rings. The molecule has 0 aliphatic carbocycles. The summed E-state index contributed by atoms with van der Waals surface area (Å²) >= 11 is 0. The van der Waals surface area contributed by atoms with E-state index in [9.17, 15) is 22.4 Å². The van der Waals surface area contributed by atoms with Crippen molar-refractivity contribution >= 4 is 33.0 Å². The van der Waals surface area contributed by atoms with Gasteiger partial charge in [0.15, 0.2) is 16.4 Å². The summed E-state index contributed by atoms with van der Waals surface area (Å²) in [6, 6.07) is 9.68. The van der Waals surface area contributed by atoms with Gasteiger partial charge in [0.2, 0.25) is 5.91 Å². The first-order chi connectivity index (χ1) is 12.3. The third-order valence-corrected chi connectivity index (χ3v) is 5.40. The fourth-order valence-corrected chi connectivity index (χ4v) is 3.62. The Morgan fingerprint density at radius 2 is 2.00 bits per heavy atom. The molecule has 1 aliphatic rings. The van der Waals surface area contributed by atoms with E-state index in [1.54, 1.807) is 6.07 Å². The first-order valence-corrected chi connectivity index (χ1v) is 9.34. The average molecular weight is 378 g/mol. The summed E-state index contributed by atoms with van der Waals surface area (Å²) in [6.45, 7) is -0.193. The summed E-state index contributed by atoms with van der Waals surface area (Å²) in [5.41, 5.74) is 0.380. The van der Waals surface area contributed by atoms with E-state index in [0.29, 0.717) is 5.69 Å². The summed E-state index contributed by atoms with van der Waals surface area (Å²) in [7, 11) is -3.75. The number of para-hydroxylation sites is 1. The second-order valence-electron chi connectivity index (χ2n) is 5.59. The van der Waals surface area contributed by atoms with Crippen molar-refractivity contribution in [2.45, 2.75) is 11.3 Å². The Morgan fingerprint density at radius 1 is 1.23 bits per heavy atom. The molecule has 0 radical (unpaired) electrons. The van der Waals surface area contributed by atoms with Gasteiger partial charge in [-0.15, -0.1) is 0 Å². The van der Waals surface area contributed by atoms with Gasteiger partial charge in [-0.05, 0) is 24.3 Å². The van der Waals surface area contributed by atoms with E-state index in [2.05, 4.69) is 10.6 Å². The number of hydrogen-bond donors (Lipinski definition) is 2. The number of ether oxygens (including phenoxy) is 1. The second-order valence-corrected chi connectivity index (χ2v) is 7.70. The molecular formula is C17H15FN2O5S. The minimum Gasteiger partial charge on any atom is -0.482 e. The molecule has 1 heterocycles. The Bertz CT molecular complexity index is 975. The second kappa shape index (κ2) is 7.12. The van der Waals surface area contributed by atoms with E-state index in [0.717, 1.165) is 0 Å². The van der Waals surface area contributed by atoms with Gasteiger partial charge in [0.05, 0.1) is 22.0 Å². The van der Waals surface area contributed by atoms with Gasteiger partial charge < -0.3 is 15.4 Å². The maximum absolute atomic E-state index is 13.5. The van der Waals surface area contributed by atoms with Crippen molar-refractivity contribution in [2.24, 2.45) is 0 Å². The quantitative estimate of drug-likeness (QED) is 0.828. The van der Waals surface area contributed by atoms with Crippen LogP contribution in [-0.2, 0) is 19.4 Å². The number of halogens is 1. The maximum Gasteiger partial charge on any atom is 0.262 e. The molecule has 136 valence electrons. The lowest BCUT2D eigenvalue weighted by Crippen LogP contribution is -2.25. The van der Waals surface area contributed by atoms with Crippen LogP contribution in [0.25, 0.3) is 0 Å². The van der Waals surface area contributed by atoms with Crippen LogP contribution >= 0.6 is 0 Å². The van der Waals surface area contributed by atoms with Crippen molar-refractivity contribution in [3.63, 3.8) is 0 Å². The van der Waals surface area contributed by atoms with Crippen molar-refractivity contribution in [3.05, 3.63) is 48.3 Å². The molecule has 1 aliphatic heterocycles. The number of hydrogen-bond acceptors (Lipinski definition) is 5. The molecule has 0 aromatic heterocycles. The molecule has 2 aromatic carbocycles. The fraction of sp³-hybridized carbons (Fsp3) is 0.176. The molecule has 2 amide bonds. The minimum atomic E-state index is -3.75. The van der Waals surface area contributed by atoms with Gasteiger partial charge in [-0.1, -0.05) is 12.1 Å². The topological polar surface area (TPSA) is 102 Å². The number of rotatable bonds is 5. The van der Waals surface area contributed by atoms with Crippen LogP contribution in [-0.4, -0.2) is 32.6 Å². The van der Waals surface area contributed by atoms with Crippen LogP contribution in [0.15, 0.2) is 47.4 Å². The van der Waals surface area contributed by atoms with Gasteiger partial charge in [0.25, 0.3) is 5.91 Å². The van der Waals surface area contributed by atoms with Gasteiger partial charge in [-0.3, -0.25) is 9.59 Å². The van der Waals surface area contributed by atoms with Crippen LogP contribution in [0.4, 0.5) is 15.8 Å². The number of fused-ring (bicyclic) bond motifs is 1. The Labute approximate surface area is 149 Å². The number of nitrogens with one attached hydrogen (secondary N) is 2. The Morgan fingerprint density at radius 3 is 2.77 bits per heavy atom. The molecule has 0 saturated heterocycles. The lowest BCUT2D eigenvalue weighted by Gasteiger charge is -2.18. The first-order valence-electron chi connectivity index (χ1n) is 7.69. The van der Waals surface area contributed by atoms with Gasteiger partial charge in [0, 0.05) is 12.5 Å². The van der Waals surface area contributed by atoms with Crippen LogP contribution < -0.4 is 15.4 Å². The number of sulfone groups is 1. The van der Waals surface area contributed by atoms with Gasteiger partial charge in [-0.2, -0.15) is 0 Å². The Kier molecular flexibility index (Phi) is 4.90. The van der Waals surface area contributed by atoms with Crippen LogP contribution in [0.5, 0.6) is 5.75 Å². The lowest BCUT2D eigenvalue weighted by atomic mass is 10.2. The zero-order valence-corrected chi connectivity index (χ0v) is 14.3. The molecule has 9 heteroatoms. The smallest absolute Gasteiger partial charge is 0.262 e. The predicted octanol–water partition coefficient (Wildman–Crippen LogP) is 1.96. The number of benzene rings is 2. The van der Waals surface area contributed by atoms with E-state index < -0.39 is 27.3 Å². The normalized spacial score (nSPS) is 13.3. The van der Waals surface area contributed by atoms with E-state index in [1.165, 1.54) is 36.4 Å². The van der Waals surface area contributed by atoms with Gasteiger partial charge in [-0.25, -0.2) is 12.8 Å². The molecule has 26 heavy (non-hydrogen) atoms. The number of carbonyl (C=O) groups is 2. The summed E-state index contributed by atoms with van der Waals surface area (Å²) in [4.78, 5) is 23.1. The van der Waals surface area contributed by atoms with Crippen molar-refractivity contribution in [1.82, 2.24) is 0 Å². The standard InChI is InChI=1S/C17H15FN2O5S/c18-12-3-1-2-4-13(12)19-16(21)7-8-26(23,24)11-5-6-14-15(9-11)25-10-17(22)20-14/h1-6,9H,7-8,10H2,(H,19,21)(H,20,22). The molecule has 0 atom stereocenters. The van der Waals surface area contributed by atoms with Crippen LogP contribution in [0.2, 0.25) is 0 Å². The highest BCUT2D eigenvalue weighted by molar-refractivity contribution is 7.91. The third-order valence-electron chi connectivity index (χ3n) is 3.69. The van der Waals surface area contributed by atoms with E-state index in [4.69, 9.17) is 4.74 Å². The van der Waals surface area contributed by atoms with E-state index in [-0.39, 0.29) is 35.3 Å². The Hall–Kier alpha value is -2.94. The third kappa shape index (κ3) is 3.99. The molecule has 0 saturated carbocycles. The average Bonchev–Trinajstić information content (AvgIpc) is 2.61. The van der Waals surface area contributed by atoms with E-state index in [1.807, 2.05) is 0 Å². The monoisotopic (exact) mass is 378 g/mol. The SMILES string of the molecule is O=C(CCS(=O)(=O)c1ccc2c(c1)OCC(=O)N2)Nc1ccccc1F. The molecule has 2 aromatic rings. The molecule has 0 unspecified atom stereocenters. The number of amides is 2. The Balaban J connectivity index is 1.66. The van der Waals surface area contributed by atoms with Crippen molar-refractivity contribution in [2.75, 3.05) is 23.0 Å². The van der Waals surface area contributed by atoms with Gasteiger partial charge in [0.1, 0.15) is 11.6 Å². The number of carbonyl (C=O) groups excluding carboxylic acids is 2. The highest BCUT2D eigenvalue weighted by Gasteiger charge is 2.22. The zero-order chi connectivity index (χ0) is 18.7. The molecule has 0 bridgehead atoms. The zero-order valence-electron chi connectivity index (χ0n) is 13.5. The van der Waals surface area contributed by atoms with Crippen LogP contribution in [0.1, 0.15) is 6.42 Å². The predicted molar refractivity (Wildman–Crippen MR) is 92.3 cm³/mol. The van der Waals surface area contributed by atoms with Crippen LogP contribution in [0.3, 0.4) is 0 Å². The highest BCUT2D eigenvalue weighted by Crippen LogP contribution is 2.30. The highest BCUT2D eigenvalue weighted by atomic mass is 32.2. The molecule has 7 nitrogen and oxygen atoms in total. The summed E-state index contributed by atoms with van der Waals surface area (Å²) in [5.74, 6) is -1.73. The van der Waals surface area contributed by atoms with Crippen molar-refractivity contribution in [3.8, 4) is 5.75 Å². The van der Waals surface area contributed by atoms with Gasteiger partial charge >= 0.3 is 0 Å². The molecule has 3 rings (SSSR count). The summed E-state index contributed by atoms with van der Waals surface area (Å²) < 4.78 is 43.5. The lowest BCUT2D eigenvalue weighted by molar-refractivity contribution is -0.118. The largest absolute Gasteiger partial charge is 0.482 e. The number of anilines is 2. The van der Waals surface area contributed by atoms with Crippen LogP contribution in [0, 0.1) is 5.82 Å². The molecule has 2 N–H and O–H groups in total. The fourth-order valence-electron chi connectivity index (χ4n) is 2.37. The summed E-state index contributed by atoms with van der Waals surface area (Å²) in [6.07, 6.45) is -0.328. The molecular weight excluding hydrogens is 363 g/mol. The summed E-state index contributed by atoms with van der Waals surface area (Å²) in [5, 5.41) is 4.90. The van der Waals surface area contributed by atoms with Crippen molar-refractivity contribution < 1.29 is 27.1 Å². The van der Waals surface area contributed by atoms with E-state index >= 15 is 0 Å². The maximum atomic E-state index is 13.5. The van der Waals surface area contributed by atoms with Crippen molar-refractivity contribution in [1.29, 1.82) is 0 Å². The first kappa shape index (κ1) is 17.9.